The van der Waals surface area contributed by atoms with Gasteiger partial charge >= 0.3 is 0 Å². The predicted molar refractivity (Wildman–Crippen MR) is 76.2 cm³/mol. The van der Waals surface area contributed by atoms with E-state index < -0.39 is 0 Å². The fourth-order valence-corrected chi connectivity index (χ4v) is 2.38. The number of anilines is 1. The Morgan fingerprint density at radius 1 is 1.39 bits per heavy atom. The molecule has 0 aliphatic carbocycles. The fraction of sp³-hybridized carbons (Fsp3) is 0.667. The number of aromatic nitrogens is 2. The van der Waals surface area contributed by atoms with Gasteiger partial charge in [-0.25, -0.2) is 9.97 Å². The van der Waals surface area contributed by atoms with Crippen molar-refractivity contribution in [3.05, 3.63) is 11.9 Å². The van der Waals surface area contributed by atoms with E-state index in [2.05, 4.69) is 41.2 Å². The largest absolute Gasteiger partial charge is 0.377 e. The van der Waals surface area contributed by atoms with Crippen LogP contribution in [-0.4, -0.2) is 54.9 Å². The third kappa shape index (κ3) is 5.66. The summed E-state index contributed by atoms with van der Waals surface area (Å²) in [7, 11) is 5.80. The van der Waals surface area contributed by atoms with Crippen LogP contribution in [0.25, 0.3) is 0 Å². The highest BCUT2D eigenvalue weighted by atomic mass is 32.2. The second kappa shape index (κ2) is 8.29. The molecule has 18 heavy (non-hydrogen) atoms. The molecule has 0 saturated carbocycles. The van der Waals surface area contributed by atoms with Gasteiger partial charge in [-0.1, -0.05) is 0 Å². The van der Waals surface area contributed by atoms with E-state index in [1.807, 2.05) is 6.07 Å². The van der Waals surface area contributed by atoms with Crippen LogP contribution in [0.3, 0.4) is 0 Å². The van der Waals surface area contributed by atoms with Gasteiger partial charge in [0, 0.05) is 32.0 Å². The average molecular weight is 270 g/mol. The smallest absolute Gasteiger partial charge is 0.157 e. The van der Waals surface area contributed by atoms with E-state index in [9.17, 15) is 0 Å². The summed E-state index contributed by atoms with van der Waals surface area (Å²) in [5.41, 5.74) is 0. The molecule has 0 aromatic carbocycles. The highest BCUT2D eigenvalue weighted by Crippen LogP contribution is 2.18. The molecule has 0 amide bonds. The molecule has 5 nitrogen and oxygen atoms in total. The SMILES string of the molecule is CCNc1cc(SCCN(C)C)nc(COC)n1. The first-order chi connectivity index (χ1) is 8.65. The lowest BCUT2D eigenvalue weighted by molar-refractivity contribution is 0.177. The molecule has 0 atom stereocenters. The summed E-state index contributed by atoms with van der Waals surface area (Å²) < 4.78 is 5.09. The van der Waals surface area contributed by atoms with Crippen molar-refractivity contribution in [2.45, 2.75) is 18.6 Å². The highest BCUT2D eigenvalue weighted by Gasteiger charge is 2.05. The normalized spacial score (nSPS) is 10.9. The van der Waals surface area contributed by atoms with Crippen LogP contribution in [0.15, 0.2) is 11.1 Å². The van der Waals surface area contributed by atoms with Crippen molar-refractivity contribution in [1.29, 1.82) is 0 Å². The summed E-state index contributed by atoms with van der Waals surface area (Å²) in [4.78, 5) is 11.0. The molecular formula is C12H22N4OS. The Kier molecular flexibility index (Phi) is 7.00. The third-order valence-corrected chi connectivity index (χ3v) is 3.06. The summed E-state index contributed by atoms with van der Waals surface area (Å²) >= 11 is 1.74. The van der Waals surface area contributed by atoms with Gasteiger partial charge in [0.15, 0.2) is 5.82 Å². The minimum Gasteiger partial charge on any atom is -0.377 e. The molecule has 0 unspecified atom stereocenters. The van der Waals surface area contributed by atoms with Gasteiger partial charge in [-0.3, -0.25) is 0 Å². The molecule has 6 heteroatoms. The molecule has 102 valence electrons. The van der Waals surface area contributed by atoms with Crippen molar-refractivity contribution in [2.24, 2.45) is 0 Å². The maximum absolute atomic E-state index is 5.09. The lowest BCUT2D eigenvalue weighted by Gasteiger charge is -2.10. The number of nitrogens with zero attached hydrogens (tertiary/aromatic N) is 3. The molecule has 1 aromatic heterocycles. The van der Waals surface area contributed by atoms with Crippen molar-refractivity contribution in [2.75, 3.05) is 45.4 Å². The monoisotopic (exact) mass is 270 g/mol. The molecule has 0 aliphatic heterocycles. The lowest BCUT2D eigenvalue weighted by Crippen LogP contribution is -2.15. The van der Waals surface area contributed by atoms with E-state index >= 15 is 0 Å². The van der Waals surface area contributed by atoms with Crippen LogP contribution in [0.5, 0.6) is 0 Å². The summed E-state index contributed by atoms with van der Waals surface area (Å²) in [5, 5.41) is 4.21. The maximum atomic E-state index is 5.09. The molecule has 0 aliphatic rings. The van der Waals surface area contributed by atoms with Gasteiger partial charge in [0.05, 0.1) is 0 Å². The number of hydrogen-bond acceptors (Lipinski definition) is 6. The minimum absolute atomic E-state index is 0.445. The Hall–Kier alpha value is -0.850. The zero-order chi connectivity index (χ0) is 13.4. The molecule has 0 saturated heterocycles. The summed E-state index contributed by atoms with van der Waals surface area (Å²) in [6.07, 6.45) is 0. The second-order valence-corrected chi connectivity index (χ2v) is 5.24. The van der Waals surface area contributed by atoms with Crippen LogP contribution < -0.4 is 5.32 Å². The summed E-state index contributed by atoms with van der Waals surface area (Å²) in [5.74, 6) is 2.61. The molecular weight excluding hydrogens is 248 g/mol. The standard InChI is InChI=1S/C12H22N4OS/c1-5-13-10-8-12(18-7-6-16(2)3)15-11(14-10)9-17-4/h8H,5-7,9H2,1-4H3,(H,13,14,15). The Balaban J connectivity index is 2.69. The number of rotatable bonds is 8. The Morgan fingerprint density at radius 2 is 2.17 bits per heavy atom. The van der Waals surface area contributed by atoms with Crippen LogP contribution in [0.4, 0.5) is 5.82 Å². The first kappa shape index (κ1) is 15.2. The van der Waals surface area contributed by atoms with Crippen molar-refractivity contribution < 1.29 is 4.74 Å². The number of methoxy groups -OCH3 is 1. The van der Waals surface area contributed by atoms with E-state index in [1.54, 1.807) is 18.9 Å². The lowest BCUT2D eigenvalue weighted by atomic mass is 10.5. The maximum Gasteiger partial charge on any atom is 0.157 e. The summed E-state index contributed by atoms with van der Waals surface area (Å²) in [6.45, 7) is 4.38. The van der Waals surface area contributed by atoms with E-state index in [4.69, 9.17) is 4.74 Å². The average Bonchev–Trinajstić information content (AvgIpc) is 2.29. The summed E-state index contributed by atoms with van der Waals surface area (Å²) in [6, 6.07) is 1.99. The van der Waals surface area contributed by atoms with Crippen LogP contribution in [0, 0.1) is 0 Å². The molecule has 0 bridgehead atoms. The molecule has 1 heterocycles. The van der Waals surface area contributed by atoms with Crippen molar-refractivity contribution >= 4 is 17.6 Å². The predicted octanol–water partition coefficient (Wildman–Crippen LogP) is 1.71. The van der Waals surface area contributed by atoms with Gasteiger partial charge in [-0.2, -0.15) is 0 Å². The number of thioether (sulfide) groups is 1. The molecule has 1 N–H and O–H groups in total. The van der Waals surface area contributed by atoms with Crippen LogP contribution >= 0.6 is 11.8 Å². The first-order valence-electron chi connectivity index (χ1n) is 6.04. The van der Waals surface area contributed by atoms with Gasteiger partial charge in [-0.15, -0.1) is 11.8 Å². The van der Waals surface area contributed by atoms with Crippen molar-refractivity contribution in [3.8, 4) is 0 Å². The van der Waals surface area contributed by atoms with Crippen LogP contribution in [0.1, 0.15) is 12.7 Å². The van der Waals surface area contributed by atoms with Crippen LogP contribution in [-0.2, 0) is 11.3 Å². The Labute approximate surface area is 113 Å². The van der Waals surface area contributed by atoms with Gasteiger partial charge in [0.1, 0.15) is 17.5 Å². The molecule has 0 spiro atoms. The van der Waals surface area contributed by atoms with E-state index in [0.717, 1.165) is 35.5 Å². The third-order valence-electron chi connectivity index (χ3n) is 2.17. The van der Waals surface area contributed by atoms with E-state index in [-0.39, 0.29) is 0 Å². The molecule has 0 fully saturated rings. The van der Waals surface area contributed by atoms with Crippen LogP contribution in [0.2, 0.25) is 0 Å². The number of ether oxygens (including phenoxy) is 1. The molecule has 1 rings (SSSR count). The van der Waals surface area contributed by atoms with E-state index in [1.165, 1.54) is 0 Å². The minimum atomic E-state index is 0.445. The van der Waals surface area contributed by atoms with Gasteiger partial charge < -0.3 is 15.0 Å². The zero-order valence-corrected chi connectivity index (χ0v) is 12.4. The molecule has 1 aromatic rings. The fourth-order valence-electron chi connectivity index (χ4n) is 1.34. The van der Waals surface area contributed by atoms with Crippen molar-refractivity contribution in [1.82, 2.24) is 14.9 Å². The Morgan fingerprint density at radius 3 is 2.78 bits per heavy atom. The first-order valence-corrected chi connectivity index (χ1v) is 7.02. The van der Waals surface area contributed by atoms with Gasteiger partial charge in [0.2, 0.25) is 0 Å². The zero-order valence-electron chi connectivity index (χ0n) is 11.6. The van der Waals surface area contributed by atoms with Crippen molar-refractivity contribution in [3.63, 3.8) is 0 Å². The van der Waals surface area contributed by atoms with Gasteiger partial charge in [-0.05, 0) is 21.0 Å². The van der Waals surface area contributed by atoms with E-state index in [0.29, 0.717) is 6.61 Å². The number of nitrogens with one attached hydrogen (secondary N) is 1. The highest BCUT2D eigenvalue weighted by molar-refractivity contribution is 7.99. The topological polar surface area (TPSA) is 50.3 Å². The molecule has 0 radical (unpaired) electrons. The van der Waals surface area contributed by atoms with Gasteiger partial charge in [0.25, 0.3) is 0 Å². The second-order valence-electron chi connectivity index (χ2n) is 4.12. The quantitative estimate of drug-likeness (QED) is 0.573. The Bertz CT molecular complexity index is 336. The number of hydrogen-bond donors (Lipinski definition) is 1.